The van der Waals surface area contributed by atoms with Crippen molar-refractivity contribution >= 4 is 16.9 Å². The van der Waals surface area contributed by atoms with Gasteiger partial charge in [-0.3, -0.25) is 19.6 Å². The molecule has 3 heterocycles. The van der Waals surface area contributed by atoms with E-state index in [-0.39, 0.29) is 17.5 Å². The Hall–Kier alpha value is -3.09. The van der Waals surface area contributed by atoms with E-state index in [1.165, 1.54) is 0 Å². The first-order valence-corrected chi connectivity index (χ1v) is 9.81. The first-order chi connectivity index (χ1) is 13.7. The van der Waals surface area contributed by atoms with Crippen LogP contribution in [0.3, 0.4) is 0 Å². The van der Waals surface area contributed by atoms with Crippen LogP contribution in [0.25, 0.3) is 11.0 Å². The largest absolute Gasteiger partial charge is 0.334 e. The molecule has 1 atom stereocenters. The molecule has 3 aromatic rings. The first-order valence-electron chi connectivity index (χ1n) is 9.81. The SMILES string of the molecule is O=C(c1ccc2nccnc2c1)N1CCCC1Cn1nc2c(cc1=O)CCC2. The van der Waals surface area contributed by atoms with Crippen molar-refractivity contribution in [1.29, 1.82) is 0 Å². The topological polar surface area (TPSA) is 81.0 Å². The molecule has 1 aliphatic heterocycles. The Labute approximate surface area is 162 Å². The molecule has 0 spiro atoms. The summed E-state index contributed by atoms with van der Waals surface area (Å²) in [5.41, 5.74) is 4.13. The quantitative estimate of drug-likeness (QED) is 0.699. The number of fused-ring (bicyclic) bond motifs is 2. The summed E-state index contributed by atoms with van der Waals surface area (Å²) in [4.78, 5) is 36.0. The minimum atomic E-state index is -0.0686. The highest BCUT2D eigenvalue weighted by Gasteiger charge is 2.30. The van der Waals surface area contributed by atoms with E-state index in [9.17, 15) is 9.59 Å². The maximum Gasteiger partial charge on any atom is 0.267 e. The Morgan fingerprint density at radius 1 is 1.07 bits per heavy atom. The van der Waals surface area contributed by atoms with Gasteiger partial charge in [0.25, 0.3) is 11.5 Å². The highest BCUT2D eigenvalue weighted by molar-refractivity contribution is 5.97. The lowest BCUT2D eigenvalue weighted by Gasteiger charge is -2.25. The Morgan fingerprint density at radius 3 is 2.82 bits per heavy atom. The van der Waals surface area contributed by atoms with Crippen LogP contribution in [0.4, 0.5) is 0 Å². The lowest BCUT2D eigenvalue weighted by atomic mass is 10.1. The zero-order valence-corrected chi connectivity index (χ0v) is 15.5. The summed E-state index contributed by atoms with van der Waals surface area (Å²) in [6.45, 7) is 1.15. The second-order valence-corrected chi connectivity index (χ2v) is 7.54. The van der Waals surface area contributed by atoms with Crippen molar-refractivity contribution in [2.45, 2.75) is 44.7 Å². The minimum absolute atomic E-state index is 0.0188. The molecule has 142 valence electrons. The molecule has 0 bridgehead atoms. The predicted molar refractivity (Wildman–Crippen MR) is 104 cm³/mol. The highest BCUT2D eigenvalue weighted by atomic mass is 16.2. The minimum Gasteiger partial charge on any atom is -0.334 e. The molecule has 28 heavy (non-hydrogen) atoms. The summed E-state index contributed by atoms with van der Waals surface area (Å²) in [6.07, 6.45) is 8.01. The summed E-state index contributed by atoms with van der Waals surface area (Å²) < 4.78 is 1.55. The summed E-state index contributed by atoms with van der Waals surface area (Å²) in [6, 6.07) is 7.12. The van der Waals surface area contributed by atoms with Crippen molar-refractivity contribution in [3.05, 3.63) is 63.8 Å². The molecule has 0 saturated carbocycles. The normalized spacial score (nSPS) is 18.6. The molecule has 0 radical (unpaired) electrons. The molecule has 1 amide bonds. The third-order valence-corrected chi connectivity index (χ3v) is 5.76. The van der Waals surface area contributed by atoms with Crippen LogP contribution in [0.15, 0.2) is 41.5 Å². The molecule has 2 aliphatic rings. The van der Waals surface area contributed by atoms with Crippen molar-refractivity contribution in [2.24, 2.45) is 0 Å². The summed E-state index contributed by atoms with van der Waals surface area (Å²) in [5.74, 6) is -0.0238. The lowest BCUT2D eigenvalue weighted by Crippen LogP contribution is -2.40. The number of hydrogen-bond acceptors (Lipinski definition) is 5. The van der Waals surface area contributed by atoms with E-state index in [4.69, 9.17) is 0 Å². The van der Waals surface area contributed by atoms with E-state index in [1.807, 2.05) is 11.0 Å². The third kappa shape index (κ3) is 2.96. The van der Waals surface area contributed by atoms with Crippen molar-refractivity contribution in [1.82, 2.24) is 24.6 Å². The van der Waals surface area contributed by atoms with Crippen LogP contribution in [0, 0.1) is 0 Å². The van der Waals surface area contributed by atoms with Gasteiger partial charge in [-0.05, 0) is 55.9 Å². The van der Waals surface area contributed by atoms with Gasteiger partial charge in [-0.15, -0.1) is 0 Å². The van der Waals surface area contributed by atoms with Crippen molar-refractivity contribution in [3.8, 4) is 0 Å². The summed E-state index contributed by atoms with van der Waals surface area (Å²) >= 11 is 0. The number of carbonyl (C=O) groups excluding carboxylic acids is 1. The van der Waals surface area contributed by atoms with E-state index in [1.54, 1.807) is 35.3 Å². The van der Waals surface area contributed by atoms with E-state index < -0.39 is 0 Å². The van der Waals surface area contributed by atoms with Gasteiger partial charge in [-0.1, -0.05) is 0 Å². The van der Waals surface area contributed by atoms with Crippen molar-refractivity contribution < 1.29 is 4.79 Å². The fourth-order valence-electron chi connectivity index (χ4n) is 4.32. The molecule has 1 unspecified atom stereocenters. The lowest BCUT2D eigenvalue weighted by molar-refractivity contribution is 0.0720. The molecule has 1 aromatic carbocycles. The smallest absolute Gasteiger partial charge is 0.267 e. The predicted octanol–water partition coefficient (Wildman–Crippen LogP) is 1.98. The van der Waals surface area contributed by atoms with Crippen LogP contribution in [0.2, 0.25) is 0 Å². The fraction of sp³-hybridized carbons (Fsp3) is 0.381. The van der Waals surface area contributed by atoms with E-state index in [0.717, 1.165) is 48.9 Å². The van der Waals surface area contributed by atoms with Gasteiger partial charge < -0.3 is 4.90 Å². The molecular weight excluding hydrogens is 354 g/mol. The number of carbonyl (C=O) groups is 1. The molecule has 2 aromatic heterocycles. The summed E-state index contributed by atoms with van der Waals surface area (Å²) in [5, 5.41) is 4.57. The second-order valence-electron chi connectivity index (χ2n) is 7.54. The molecule has 1 aliphatic carbocycles. The second kappa shape index (κ2) is 6.82. The molecular formula is C21H21N5O2. The zero-order chi connectivity index (χ0) is 19.1. The Morgan fingerprint density at radius 2 is 1.93 bits per heavy atom. The van der Waals surface area contributed by atoms with Gasteiger partial charge >= 0.3 is 0 Å². The van der Waals surface area contributed by atoms with Gasteiger partial charge in [0.05, 0.1) is 29.3 Å². The van der Waals surface area contributed by atoms with Gasteiger partial charge in [0, 0.05) is 30.6 Å². The van der Waals surface area contributed by atoms with Crippen LogP contribution in [-0.4, -0.2) is 43.1 Å². The van der Waals surface area contributed by atoms with Gasteiger partial charge in [-0.25, -0.2) is 4.68 Å². The van der Waals surface area contributed by atoms with Crippen LogP contribution < -0.4 is 5.56 Å². The van der Waals surface area contributed by atoms with E-state index >= 15 is 0 Å². The van der Waals surface area contributed by atoms with Crippen LogP contribution in [0.1, 0.15) is 40.9 Å². The zero-order valence-electron chi connectivity index (χ0n) is 15.5. The van der Waals surface area contributed by atoms with Crippen LogP contribution >= 0.6 is 0 Å². The first kappa shape index (κ1) is 17.0. The summed E-state index contributed by atoms with van der Waals surface area (Å²) in [7, 11) is 0. The standard InChI is InChI=1S/C21H21N5O2/c27-20-12-14-3-1-5-17(14)24-26(20)13-16-4-2-10-25(16)21(28)15-6-7-18-19(11-15)23-9-8-22-18/h6-9,11-12,16H,1-5,10,13H2. The highest BCUT2D eigenvalue weighted by Crippen LogP contribution is 2.23. The average molecular weight is 375 g/mol. The molecule has 1 fully saturated rings. The van der Waals surface area contributed by atoms with E-state index in [0.29, 0.717) is 24.2 Å². The number of rotatable bonds is 3. The van der Waals surface area contributed by atoms with Gasteiger partial charge in [0.2, 0.25) is 0 Å². The monoisotopic (exact) mass is 375 g/mol. The number of amides is 1. The molecule has 0 N–H and O–H groups in total. The fourth-order valence-corrected chi connectivity index (χ4v) is 4.32. The number of aryl methyl sites for hydroxylation is 2. The van der Waals surface area contributed by atoms with Crippen LogP contribution in [0.5, 0.6) is 0 Å². The average Bonchev–Trinajstić information content (AvgIpc) is 3.36. The van der Waals surface area contributed by atoms with Crippen LogP contribution in [-0.2, 0) is 19.4 Å². The number of likely N-dealkylation sites (tertiary alicyclic amines) is 1. The Kier molecular flexibility index (Phi) is 4.15. The molecule has 1 saturated heterocycles. The molecule has 5 rings (SSSR count). The molecule has 7 nitrogen and oxygen atoms in total. The van der Waals surface area contributed by atoms with Gasteiger partial charge in [0.15, 0.2) is 0 Å². The maximum atomic E-state index is 13.1. The van der Waals surface area contributed by atoms with Crippen molar-refractivity contribution in [3.63, 3.8) is 0 Å². The van der Waals surface area contributed by atoms with Gasteiger partial charge in [0.1, 0.15) is 0 Å². The third-order valence-electron chi connectivity index (χ3n) is 5.76. The number of aromatic nitrogens is 4. The Bertz CT molecular complexity index is 1120. The maximum absolute atomic E-state index is 13.1. The van der Waals surface area contributed by atoms with Crippen molar-refractivity contribution in [2.75, 3.05) is 6.54 Å². The van der Waals surface area contributed by atoms with E-state index in [2.05, 4.69) is 15.1 Å². The van der Waals surface area contributed by atoms with Gasteiger partial charge in [-0.2, -0.15) is 5.10 Å². The Balaban J connectivity index is 1.40. The number of benzene rings is 1. The molecule has 7 heteroatoms. The number of hydrogen-bond donors (Lipinski definition) is 0. The number of nitrogens with zero attached hydrogens (tertiary/aromatic N) is 5.